The van der Waals surface area contributed by atoms with Crippen molar-refractivity contribution in [1.29, 1.82) is 0 Å². The van der Waals surface area contributed by atoms with E-state index in [0.29, 0.717) is 12.1 Å². The zero-order valence-electron chi connectivity index (χ0n) is 10.5. The topological polar surface area (TPSA) is 35.5 Å². The summed E-state index contributed by atoms with van der Waals surface area (Å²) < 4.78 is 0. The molecule has 2 rings (SSSR count). The molecule has 1 aliphatic rings. The number of hydrogen-bond donors (Lipinski definition) is 2. The minimum Gasteiger partial charge on any atom is -0.395 e. The highest BCUT2D eigenvalue weighted by Crippen LogP contribution is 2.21. The highest BCUT2D eigenvalue weighted by atomic mass is 16.3. The molecule has 94 valence electrons. The second-order valence-electron chi connectivity index (χ2n) is 4.85. The maximum Gasteiger partial charge on any atom is 0.0586 e. The van der Waals surface area contributed by atoms with Gasteiger partial charge in [0, 0.05) is 25.2 Å². The first-order chi connectivity index (χ1) is 8.31. The lowest BCUT2D eigenvalue weighted by molar-refractivity contribution is 0.154. The fourth-order valence-corrected chi connectivity index (χ4v) is 2.54. The van der Waals surface area contributed by atoms with E-state index in [2.05, 4.69) is 41.5 Å². The van der Waals surface area contributed by atoms with E-state index >= 15 is 0 Å². The first kappa shape index (κ1) is 12.6. The second-order valence-corrected chi connectivity index (χ2v) is 4.85. The minimum absolute atomic E-state index is 0.283. The molecule has 1 aliphatic heterocycles. The summed E-state index contributed by atoms with van der Waals surface area (Å²) >= 11 is 0. The van der Waals surface area contributed by atoms with Gasteiger partial charge in [-0.25, -0.2) is 0 Å². The Hall–Kier alpha value is -0.900. The lowest BCUT2D eigenvalue weighted by Gasteiger charge is -2.24. The van der Waals surface area contributed by atoms with Crippen molar-refractivity contribution in [1.82, 2.24) is 10.2 Å². The summed E-state index contributed by atoms with van der Waals surface area (Å²) in [6.45, 7) is 2.21. The molecule has 0 saturated carbocycles. The standard InChI is InChI=1S/C14H22N2O/c1-16-13(7-8-14(16)11-17)10-15-9-12-5-3-2-4-6-12/h2-6,13-15,17H,7-11H2,1H3/t13-,14+/m0/s1. The van der Waals surface area contributed by atoms with Gasteiger partial charge in [-0.3, -0.25) is 4.90 Å². The molecule has 1 fully saturated rings. The van der Waals surface area contributed by atoms with Crippen LogP contribution in [0.2, 0.25) is 0 Å². The smallest absolute Gasteiger partial charge is 0.0586 e. The molecule has 0 bridgehead atoms. The Bertz CT molecular complexity index is 328. The third-order valence-corrected chi connectivity index (χ3v) is 3.75. The van der Waals surface area contributed by atoms with Crippen LogP contribution in [-0.2, 0) is 6.54 Å². The normalized spacial score (nSPS) is 25.3. The van der Waals surface area contributed by atoms with E-state index in [0.717, 1.165) is 19.5 Å². The van der Waals surface area contributed by atoms with E-state index in [-0.39, 0.29) is 6.61 Å². The van der Waals surface area contributed by atoms with Gasteiger partial charge in [0.05, 0.1) is 6.61 Å². The van der Waals surface area contributed by atoms with Crippen LogP contribution in [0, 0.1) is 0 Å². The molecule has 17 heavy (non-hydrogen) atoms. The van der Waals surface area contributed by atoms with Gasteiger partial charge < -0.3 is 10.4 Å². The van der Waals surface area contributed by atoms with Crippen molar-refractivity contribution in [2.75, 3.05) is 20.2 Å². The third kappa shape index (κ3) is 3.28. The molecule has 3 nitrogen and oxygen atoms in total. The van der Waals surface area contributed by atoms with Crippen LogP contribution in [-0.4, -0.2) is 42.3 Å². The Labute approximate surface area is 103 Å². The molecule has 1 saturated heterocycles. The van der Waals surface area contributed by atoms with Crippen molar-refractivity contribution in [2.24, 2.45) is 0 Å². The Kier molecular flexibility index (Phi) is 4.54. The molecule has 3 heteroatoms. The van der Waals surface area contributed by atoms with E-state index in [1.165, 1.54) is 12.0 Å². The molecule has 1 aromatic rings. The van der Waals surface area contributed by atoms with Crippen molar-refractivity contribution in [3.63, 3.8) is 0 Å². The van der Waals surface area contributed by atoms with Crippen LogP contribution in [0.25, 0.3) is 0 Å². The fraction of sp³-hybridized carbons (Fsp3) is 0.571. The zero-order chi connectivity index (χ0) is 12.1. The molecule has 1 heterocycles. The summed E-state index contributed by atoms with van der Waals surface area (Å²) in [5.41, 5.74) is 1.33. The molecule has 0 aliphatic carbocycles. The van der Waals surface area contributed by atoms with Gasteiger partial charge in [-0.15, -0.1) is 0 Å². The molecule has 2 atom stereocenters. The summed E-state index contributed by atoms with van der Waals surface area (Å²) in [4.78, 5) is 2.30. The van der Waals surface area contributed by atoms with Crippen molar-refractivity contribution in [2.45, 2.75) is 31.5 Å². The number of likely N-dealkylation sites (tertiary alicyclic amines) is 1. The monoisotopic (exact) mass is 234 g/mol. The Balaban J connectivity index is 1.73. The summed E-state index contributed by atoms with van der Waals surface area (Å²) in [5.74, 6) is 0. The molecule has 0 amide bonds. The maximum atomic E-state index is 9.20. The van der Waals surface area contributed by atoms with Gasteiger partial charge in [0.15, 0.2) is 0 Å². The summed E-state index contributed by atoms with van der Waals surface area (Å²) in [6, 6.07) is 11.4. The van der Waals surface area contributed by atoms with Crippen LogP contribution in [0.4, 0.5) is 0 Å². The first-order valence-electron chi connectivity index (χ1n) is 6.38. The van der Waals surface area contributed by atoms with Crippen LogP contribution in [0.3, 0.4) is 0 Å². The van der Waals surface area contributed by atoms with Crippen LogP contribution in [0.5, 0.6) is 0 Å². The fourth-order valence-electron chi connectivity index (χ4n) is 2.54. The average Bonchev–Trinajstić information content (AvgIpc) is 2.72. The number of nitrogens with zero attached hydrogens (tertiary/aromatic N) is 1. The number of likely N-dealkylation sites (N-methyl/N-ethyl adjacent to an activating group) is 1. The quantitative estimate of drug-likeness (QED) is 0.804. The molecular weight excluding hydrogens is 212 g/mol. The summed E-state index contributed by atoms with van der Waals surface area (Å²) in [7, 11) is 2.11. The first-order valence-corrected chi connectivity index (χ1v) is 6.38. The van der Waals surface area contributed by atoms with Gasteiger partial charge in [-0.2, -0.15) is 0 Å². The molecule has 0 spiro atoms. The van der Waals surface area contributed by atoms with Gasteiger partial charge in [0.25, 0.3) is 0 Å². The predicted octanol–water partition coefficient (Wildman–Crippen LogP) is 1.23. The van der Waals surface area contributed by atoms with Crippen molar-refractivity contribution < 1.29 is 5.11 Å². The second kappa shape index (κ2) is 6.15. The molecule has 0 radical (unpaired) electrons. The molecular formula is C14H22N2O. The van der Waals surface area contributed by atoms with Crippen LogP contribution in [0.1, 0.15) is 18.4 Å². The third-order valence-electron chi connectivity index (χ3n) is 3.75. The van der Waals surface area contributed by atoms with Gasteiger partial charge >= 0.3 is 0 Å². The summed E-state index contributed by atoms with van der Waals surface area (Å²) in [6.07, 6.45) is 2.30. The van der Waals surface area contributed by atoms with E-state index in [4.69, 9.17) is 0 Å². The average molecular weight is 234 g/mol. The van der Waals surface area contributed by atoms with Crippen molar-refractivity contribution in [3.05, 3.63) is 35.9 Å². The number of benzene rings is 1. The summed E-state index contributed by atoms with van der Waals surface area (Å²) in [5, 5.41) is 12.7. The SMILES string of the molecule is CN1[C@@H](CO)CC[C@H]1CNCc1ccccc1. The Morgan fingerprint density at radius 3 is 2.59 bits per heavy atom. The highest BCUT2D eigenvalue weighted by Gasteiger charge is 2.28. The Morgan fingerprint density at radius 1 is 1.24 bits per heavy atom. The molecule has 0 unspecified atom stereocenters. The molecule has 0 aromatic heterocycles. The number of aliphatic hydroxyl groups is 1. The zero-order valence-corrected chi connectivity index (χ0v) is 10.5. The van der Waals surface area contributed by atoms with E-state index in [1.54, 1.807) is 0 Å². The lowest BCUT2D eigenvalue weighted by Crippen LogP contribution is -2.40. The van der Waals surface area contributed by atoms with Gasteiger partial charge in [-0.1, -0.05) is 30.3 Å². The largest absolute Gasteiger partial charge is 0.395 e. The highest BCUT2D eigenvalue weighted by molar-refractivity contribution is 5.14. The van der Waals surface area contributed by atoms with Crippen molar-refractivity contribution in [3.8, 4) is 0 Å². The van der Waals surface area contributed by atoms with Gasteiger partial charge in [-0.05, 0) is 25.5 Å². The molecule has 1 aromatic carbocycles. The van der Waals surface area contributed by atoms with E-state index in [1.807, 2.05) is 6.07 Å². The number of hydrogen-bond acceptors (Lipinski definition) is 3. The maximum absolute atomic E-state index is 9.20. The van der Waals surface area contributed by atoms with Crippen LogP contribution in [0.15, 0.2) is 30.3 Å². The van der Waals surface area contributed by atoms with Gasteiger partial charge in [0.1, 0.15) is 0 Å². The molecule has 2 N–H and O–H groups in total. The van der Waals surface area contributed by atoms with Gasteiger partial charge in [0.2, 0.25) is 0 Å². The van der Waals surface area contributed by atoms with Crippen molar-refractivity contribution >= 4 is 0 Å². The minimum atomic E-state index is 0.283. The van der Waals surface area contributed by atoms with E-state index in [9.17, 15) is 5.11 Å². The number of rotatable bonds is 5. The van der Waals surface area contributed by atoms with Crippen LogP contribution < -0.4 is 5.32 Å². The number of nitrogens with one attached hydrogen (secondary N) is 1. The number of aliphatic hydroxyl groups excluding tert-OH is 1. The van der Waals surface area contributed by atoms with E-state index < -0.39 is 0 Å². The lowest BCUT2D eigenvalue weighted by atomic mass is 10.2. The predicted molar refractivity (Wildman–Crippen MR) is 69.8 cm³/mol. The Morgan fingerprint density at radius 2 is 1.94 bits per heavy atom. The van der Waals surface area contributed by atoms with Crippen LogP contribution >= 0.6 is 0 Å².